The quantitative estimate of drug-likeness (QED) is 0.721. The van der Waals surface area contributed by atoms with Crippen molar-refractivity contribution >= 4 is 0 Å². The van der Waals surface area contributed by atoms with Gasteiger partial charge in [0.2, 0.25) is 0 Å². The van der Waals surface area contributed by atoms with E-state index in [9.17, 15) is 22.0 Å². The number of benzene rings is 1. The molecule has 0 aliphatic rings. The average molecular weight is 249 g/mol. The molecule has 0 spiro atoms. The van der Waals surface area contributed by atoms with Crippen LogP contribution in [0, 0.1) is 11.6 Å². The molecule has 0 N–H and O–H groups in total. The van der Waals surface area contributed by atoms with Crippen LogP contribution in [0.3, 0.4) is 0 Å². The van der Waals surface area contributed by atoms with Crippen molar-refractivity contribution < 1.29 is 26.5 Å². The van der Waals surface area contributed by atoms with Gasteiger partial charge in [-0.15, -0.1) is 0 Å². The lowest BCUT2D eigenvalue weighted by atomic mass is 10.1. The zero-order valence-electron chi connectivity index (χ0n) is 8.05. The topological polar surface area (TPSA) is 26.0 Å². The van der Waals surface area contributed by atoms with E-state index in [0.717, 1.165) is 12.1 Å². The van der Waals surface area contributed by atoms with Gasteiger partial charge in [0, 0.05) is 12.1 Å². The fourth-order valence-electron chi connectivity index (χ4n) is 1.23. The molecule has 0 bridgehead atoms. The van der Waals surface area contributed by atoms with Gasteiger partial charge in [0.15, 0.2) is 11.5 Å². The maximum absolute atomic E-state index is 13.2. The summed E-state index contributed by atoms with van der Waals surface area (Å²) in [5.41, 5.74) is -1.55. The van der Waals surface area contributed by atoms with E-state index in [1.807, 2.05) is 0 Å². The summed E-state index contributed by atoms with van der Waals surface area (Å²) in [6.45, 7) is 0. The van der Waals surface area contributed by atoms with E-state index in [-0.39, 0.29) is 5.56 Å². The van der Waals surface area contributed by atoms with E-state index >= 15 is 0 Å². The van der Waals surface area contributed by atoms with Gasteiger partial charge in [-0.2, -0.15) is 13.2 Å². The molecule has 2 nitrogen and oxygen atoms in total. The monoisotopic (exact) mass is 249 g/mol. The van der Waals surface area contributed by atoms with Crippen LogP contribution < -0.4 is 0 Å². The standard InChI is InChI=1S/C10H4F5NO/c11-5-1-2-6(7(12)3-5)8-4-9(16-17-8)10(13,14)15/h1-4H. The molecular weight excluding hydrogens is 245 g/mol. The highest BCUT2D eigenvalue weighted by Gasteiger charge is 2.35. The van der Waals surface area contributed by atoms with Crippen LogP contribution in [0.1, 0.15) is 5.69 Å². The average Bonchev–Trinajstić information content (AvgIpc) is 2.65. The normalized spacial score (nSPS) is 11.8. The summed E-state index contributed by atoms with van der Waals surface area (Å²) in [5.74, 6) is -2.26. The van der Waals surface area contributed by atoms with Gasteiger partial charge in [0.05, 0.1) is 5.56 Å². The number of hydrogen-bond acceptors (Lipinski definition) is 2. The lowest BCUT2D eigenvalue weighted by Crippen LogP contribution is -2.04. The fourth-order valence-corrected chi connectivity index (χ4v) is 1.23. The molecule has 1 aromatic heterocycles. The van der Waals surface area contributed by atoms with E-state index in [1.54, 1.807) is 0 Å². The third-order valence-electron chi connectivity index (χ3n) is 2.00. The van der Waals surface area contributed by atoms with Crippen LogP contribution in [0.15, 0.2) is 28.8 Å². The molecule has 90 valence electrons. The van der Waals surface area contributed by atoms with Gasteiger partial charge in [-0.3, -0.25) is 0 Å². The zero-order chi connectivity index (χ0) is 12.6. The van der Waals surface area contributed by atoms with Gasteiger partial charge in [0.25, 0.3) is 0 Å². The van der Waals surface area contributed by atoms with Crippen LogP contribution in [0.25, 0.3) is 11.3 Å². The Morgan fingerprint density at radius 3 is 2.29 bits per heavy atom. The summed E-state index contributed by atoms with van der Waals surface area (Å²) in [7, 11) is 0. The molecule has 0 unspecified atom stereocenters. The van der Waals surface area contributed by atoms with Crippen molar-refractivity contribution in [3.8, 4) is 11.3 Å². The van der Waals surface area contributed by atoms with E-state index < -0.39 is 29.3 Å². The molecule has 2 aromatic rings. The van der Waals surface area contributed by atoms with Crippen LogP contribution in [0.2, 0.25) is 0 Å². The van der Waals surface area contributed by atoms with Crippen molar-refractivity contribution in [2.45, 2.75) is 6.18 Å². The molecule has 17 heavy (non-hydrogen) atoms. The summed E-state index contributed by atoms with van der Waals surface area (Å²) in [5, 5.41) is 2.77. The van der Waals surface area contributed by atoms with Gasteiger partial charge >= 0.3 is 6.18 Å². The number of nitrogens with zero attached hydrogens (tertiary/aromatic N) is 1. The van der Waals surface area contributed by atoms with Crippen molar-refractivity contribution in [2.75, 3.05) is 0 Å². The van der Waals surface area contributed by atoms with E-state index in [2.05, 4.69) is 9.68 Å². The predicted octanol–water partition coefficient (Wildman–Crippen LogP) is 3.64. The van der Waals surface area contributed by atoms with Gasteiger partial charge < -0.3 is 4.52 Å². The Bertz CT molecular complexity index is 546. The number of rotatable bonds is 1. The lowest BCUT2D eigenvalue weighted by Gasteiger charge is -1.98. The fraction of sp³-hybridized carbons (Fsp3) is 0.100. The molecule has 0 fully saturated rings. The smallest absolute Gasteiger partial charge is 0.356 e. The molecule has 1 heterocycles. The van der Waals surface area contributed by atoms with Crippen molar-refractivity contribution in [2.24, 2.45) is 0 Å². The summed E-state index contributed by atoms with van der Waals surface area (Å²) < 4.78 is 66.8. The number of hydrogen-bond donors (Lipinski definition) is 0. The Kier molecular flexibility index (Phi) is 2.60. The first kappa shape index (κ1) is 11.6. The molecule has 1 aromatic carbocycles. The Morgan fingerprint density at radius 1 is 1.06 bits per heavy atom. The first-order valence-corrected chi connectivity index (χ1v) is 4.37. The van der Waals surface area contributed by atoms with Crippen LogP contribution in [-0.4, -0.2) is 5.16 Å². The molecule has 7 heteroatoms. The summed E-state index contributed by atoms with van der Waals surface area (Å²) in [4.78, 5) is 0. The van der Waals surface area contributed by atoms with Crippen LogP contribution >= 0.6 is 0 Å². The van der Waals surface area contributed by atoms with Gasteiger partial charge in [-0.05, 0) is 12.1 Å². The third-order valence-corrected chi connectivity index (χ3v) is 2.00. The van der Waals surface area contributed by atoms with Crippen molar-refractivity contribution in [1.82, 2.24) is 5.16 Å². The maximum Gasteiger partial charge on any atom is 0.436 e. The molecular formula is C10H4F5NO. The Labute approximate surface area is 91.6 Å². The zero-order valence-corrected chi connectivity index (χ0v) is 8.05. The minimum atomic E-state index is -4.67. The highest BCUT2D eigenvalue weighted by molar-refractivity contribution is 5.58. The van der Waals surface area contributed by atoms with E-state index in [0.29, 0.717) is 12.1 Å². The van der Waals surface area contributed by atoms with E-state index in [1.165, 1.54) is 0 Å². The van der Waals surface area contributed by atoms with Crippen molar-refractivity contribution in [3.05, 3.63) is 41.6 Å². The summed E-state index contributed by atoms with van der Waals surface area (Å²) >= 11 is 0. The maximum atomic E-state index is 13.2. The highest BCUT2D eigenvalue weighted by atomic mass is 19.4. The predicted molar refractivity (Wildman–Crippen MR) is 46.9 cm³/mol. The van der Waals surface area contributed by atoms with Gasteiger partial charge in [-0.25, -0.2) is 8.78 Å². The molecule has 0 aliphatic carbocycles. The number of halogens is 5. The molecule has 0 aliphatic heterocycles. The van der Waals surface area contributed by atoms with Crippen molar-refractivity contribution in [1.29, 1.82) is 0 Å². The third kappa shape index (κ3) is 2.27. The van der Waals surface area contributed by atoms with E-state index in [4.69, 9.17) is 0 Å². The molecule has 0 radical (unpaired) electrons. The van der Waals surface area contributed by atoms with Crippen LogP contribution in [0.5, 0.6) is 0 Å². The number of aromatic nitrogens is 1. The second kappa shape index (κ2) is 3.83. The van der Waals surface area contributed by atoms with Crippen molar-refractivity contribution in [3.63, 3.8) is 0 Å². The highest BCUT2D eigenvalue weighted by Crippen LogP contribution is 2.32. The largest absolute Gasteiger partial charge is 0.436 e. The Hall–Kier alpha value is -1.92. The Balaban J connectivity index is 2.44. The first-order valence-electron chi connectivity index (χ1n) is 4.37. The second-order valence-corrected chi connectivity index (χ2v) is 3.20. The molecule has 0 amide bonds. The van der Waals surface area contributed by atoms with Gasteiger partial charge in [0.1, 0.15) is 11.6 Å². The molecule has 0 saturated carbocycles. The van der Waals surface area contributed by atoms with Crippen LogP contribution in [-0.2, 0) is 6.18 Å². The minimum Gasteiger partial charge on any atom is -0.356 e. The lowest BCUT2D eigenvalue weighted by molar-refractivity contribution is -0.142. The summed E-state index contributed by atoms with van der Waals surface area (Å²) in [6, 6.07) is 2.99. The Morgan fingerprint density at radius 2 is 1.76 bits per heavy atom. The molecule has 0 saturated heterocycles. The molecule has 2 rings (SSSR count). The second-order valence-electron chi connectivity index (χ2n) is 3.20. The number of alkyl halides is 3. The van der Waals surface area contributed by atoms with Crippen LogP contribution in [0.4, 0.5) is 22.0 Å². The first-order chi connectivity index (χ1) is 7.88. The van der Waals surface area contributed by atoms with Gasteiger partial charge in [-0.1, -0.05) is 5.16 Å². The SMILES string of the molecule is Fc1ccc(-c2cc(C(F)(F)F)no2)c(F)c1. The summed E-state index contributed by atoms with van der Waals surface area (Å²) in [6.07, 6.45) is -4.67. The minimum absolute atomic E-state index is 0.283. The molecule has 0 atom stereocenters.